The van der Waals surface area contributed by atoms with Crippen LogP contribution in [-0.4, -0.2) is 38.6 Å². The van der Waals surface area contributed by atoms with Crippen LogP contribution in [0.4, 0.5) is 0 Å². The number of sulfone groups is 1. The molecule has 2 amide bonds. The SMILES string of the molecule is N#CCNC(=O)[C@H](CS(=O)(=O)Cc1cccc(I)c1)NC(=O)c1ccccc1. The zero-order valence-electron chi connectivity index (χ0n) is 14.8. The lowest BCUT2D eigenvalue weighted by Crippen LogP contribution is -2.50. The van der Waals surface area contributed by atoms with Gasteiger partial charge in [0.15, 0.2) is 9.84 Å². The summed E-state index contributed by atoms with van der Waals surface area (Å²) in [7, 11) is -3.71. The highest BCUT2D eigenvalue weighted by Crippen LogP contribution is 2.12. The minimum absolute atomic E-state index is 0.257. The van der Waals surface area contributed by atoms with Crippen molar-refractivity contribution in [2.45, 2.75) is 11.8 Å². The van der Waals surface area contributed by atoms with Crippen LogP contribution in [0.25, 0.3) is 0 Å². The molecule has 2 aromatic rings. The van der Waals surface area contributed by atoms with Crippen molar-refractivity contribution < 1.29 is 18.0 Å². The Labute approximate surface area is 177 Å². The van der Waals surface area contributed by atoms with Gasteiger partial charge in [-0.25, -0.2) is 8.42 Å². The molecule has 0 aliphatic carbocycles. The molecule has 0 fully saturated rings. The molecule has 0 radical (unpaired) electrons. The Morgan fingerprint density at radius 1 is 1.11 bits per heavy atom. The van der Waals surface area contributed by atoms with E-state index in [0.717, 1.165) is 3.57 Å². The van der Waals surface area contributed by atoms with E-state index in [1.807, 2.05) is 6.07 Å². The van der Waals surface area contributed by atoms with E-state index in [2.05, 4.69) is 33.2 Å². The summed E-state index contributed by atoms with van der Waals surface area (Å²) in [6, 6.07) is 15.6. The lowest BCUT2D eigenvalue weighted by molar-refractivity contribution is -0.122. The summed E-state index contributed by atoms with van der Waals surface area (Å²) in [5, 5.41) is 13.4. The van der Waals surface area contributed by atoms with Crippen molar-refractivity contribution in [3.8, 4) is 6.07 Å². The fourth-order valence-corrected chi connectivity index (χ4v) is 4.61. The van der Waals surface area contributed by atoms with Crippen LogP contribution in [0.1, 0.15) is 15.9 Å². The van der Waals surface area contributed by atoms with E-state index in [-0.39, 0.29) is 12.3 Å². The third kappa shape index (κ3) is 6.94. The molecule has 7 nitrogen and oxygen atoms in total. The second-order valence-corrected chi connectivity index (χ2v) is 9.31. The maximum absolute atomic E-state index is 12.6. The summed E-state index contributed by atoms with van der Waals surface area (Å²) >= 11 is 2.08. The van der Waals surface area contributed by atoms with E-state index in [9.17, 15) is 18.0 Å². The predicted octanol–water partition coefficient (Wildman–Crippen LogP) is 1.64. The molecule has 146 valence electrons. The van der Waals surface area contributed by atoms with Crippen LogP contribution in [0.5, 0.6) is 0 Å². The maximum atomic E-state index is 12.6. The van der Waals surface area contributed by atoms with Crippen LogP contribution in [0.2, 0.25) is 0 Å². The first-order chi connectivity index (χ1) is 13.3. The predicted molar refractivity (Wildman–Crippen MR) is 113 cm³/mol. The van der Waals surface area contributed by atoms with Gasteiger partial charge in [-0.2, -0.15) is 5.26 Å². The molecular weight excluding hydrogens is 493 g/mol. The van der Waals surface area contributed by atoms with Crippen LogP contribution in [0.3, 0.4) is 0 Å². The van der Waals surface area contributed by atoms with Crippen molar-refractivity contribution in [1.29, 1.82) is 5.26 Å². The molecule has 2 N–H and O–H groups in total. The van der Waals surface area contributed by atoms with E-state index < -0.39 is 33.4 Å². The first-order valence-corrected chi connectivity index (χ1v) is 11.2. The monoisotopic (exact) mass is 511 g/mol. The topological polar surface area (TPSA) is 116 Å². The lowest BCUT2D eigenvalue weighted by atomic mass is 10.2. The van der Waals surface area contributed by atoms with Crippen LogP contribution in [-0.2, 0) is 20.4 Å². The van der Waals surface area contributed by atoms with Gasteiger partial charge < -0.3 is 10.6 Å². The molecule has 0 heterocycles. The maximum Gasteiger partial charge on any atom is 0.251 e. The molecule has 0 aliphatic heterocycles. The quantitative estimate of drug-likeness (QED) is 0.413. The van der Waals surface area contributed by atoms with Gasteiger partial charge in [-0.05, 0) is 52.4 Å². The number of benzene rings is 2. The van der Waals surface area contributed by atoms with E-state index in [0.29, 0.717) is 11.1 Å². The number of carbonyl (C=O) groups excluding carboxylic acids is 2. The molecule has 2 aromatic carbocycles. The highest BCUT2D eigenvalue weighted by Gasteiger charge is 2.27. The summed E-state index contributed by atoms with van der Waals surface area (Å²) in [6.45, 7) is -0.284. The summed E-state index contributed by atoms with van der Waals surface area (Å²) in [4.78, 5) is 24.7. The number of carbonyl (C=O) groups is 2. The van der Waals surface area contributed by atoms with Crippen molar-refractivity contribution in [3.63, 3.8) is 0 Å². The number of nitrogens with zero attached hydrogens (tertiary/aromatic N) is 1. The highest BCUT2D eigenvalue weighted by molar-refractivity contribution is 14.1. The average Bonchev–Trinajstić information content (AvgIpc) is 2.65. The number of hydrogen-bond donors (Lipinski definition) is 2. The minimum Gasteiger partial charge on any atom is -0.341 e. The molecule has 0 saturated carbocycles. The standard InChI is InChI=1S/C19H18IN3O4S/c20-16-8-4-5-14(11-16)12-28(26,27)13-17(19(25)22-10-9-21)23-18(24)15-6-2-1-3-7-15/h1-8,11,17H,10,12-13H2,(H,22,25)(H,23,24)/t17-/m0/s1. The fourth-order valence-electron chi connectivity index (χ4n) is 2.46. The number of hydrogen-bond acceptors (Lipinski definition) is 5. The molecule has 28 heavy (non-hydrogen) atoms. The Morgan fingerprint density at radius 3 is 2.46 bits per heavy atom. The lowest BCUT2D eigenvalue weighted by Gasteiger charge is -2.18. The zero-order chi connectivity index (χ0) is 20.6. The van der Waals surface area contributed by atoms with Crippen LogP contribution < -0.4 is 10.6 Å². The van der Waals surface area contributed by atoms with Gasteiger partial charge in [-0.15, -0.1) is 0 Å². The van der Waals surface area contributed by atoms with Gasteiger partial charge in [0.25, 0.3) is 5.91 Å². The molecule has 9 heteroatoms. The molecule has 0 saturated heterocycles. The molecule has 2 rings (SSSR count). The van der Waals surface area contributed by atoms with Gasteiger partial charge in [-0.1, -0.05) is 30.3 Å². The third-order valence-electron chi connectivity index (χ3n) is 3.70. The van der Waals surface area contributed by atoms with Crippen molar-refractivity contribution in [1.82, 2.24) is 10.6 Å². The smallest absolute Gasteiger partial charge is 0.251 e. The molecule has 1 atom stereocenters. The summed E-state index contributed by atoms with van der Waals surface area (Å²) in [6.07, 6.45) is 0. The second kappa shape index (κ2) is 10.2. The van der Waals surface area contributed by atoms with Gasteiger partial charge in [0, 0.05) is 9.13 Å². The normalized spacial score (nSPS) is 11.9. The Kier molecular flexibility index (Phi) is 7.95. The molecular formula is C19H18IN3O4S. The largest absolute Gasteiger partial charge is 0.341 e. The van der Waals surface area contributed by atoms with Gasteiger partial charge in [0.2, 0.25) is 5.91 Å². The van der Waals surface area contributed by atoms with Crippen LogP contribution in [0.15, 0.2) is 54.6 Å². The Balaban J connectivity index is 2.17. The fraction of sp³-hybridized carbons (Fsp3) is 0.211. The zero-order valence-corrected chi connectivity index (χ0v) is 17.7. The van der Waals surface area contributed by atoms with Crippen molar-refractivity contribution >= 4 is 44.2 Å². The van der Waals surface area contributed by atoms with Crippen LogP contribution >= 0.6 is 22.6 Å². The Hall–Kier alpha value is -2.45. The average molecular weight is 511 g/mol. The van der Waals surface area contributed by atoms with Gasteiger partial charge in [0.05, 0.1) is 17.6 Å². The van der Waals surface area contributed by atoms with E-state index in [1.165, 1.54) is 0 Å². The van der Waals surface area contributed by atoms with Crippen LogP contribution in [0, 0.1) is 14.9 Å². The second-order valence-electron chi connectivity index (χ2n) is 5.95. The van der Waals surface area contributed by atoms with Crippen molar-refractivity contribution in [2.24, 2.45) is 0 Å². The Morgan fingerprint density at radius 2 is 1.82 bits per heavy atom. The summed E-state index contributed by atoms with van der Waals surface area (Å²) < 4.78 is 26.1. The van der Waals surface area contributed by atoms with E-state index >= 15 is 0 Å². The highest BCUT2D eigenvalue weighted by atomic mass is 127. The van der Waals surface area contributed by atoms with Gasteiger partial charge in [-0.3, -0.25) is 9.59 Å². The first-order valence-electron chi connectivity index (χ1n) is 8.26. The molecule has 0 aliphatic rings. The third-order valence-corrected chi connectivity index (χ3v) is 5.98. The number of halogens is 1. The number of amides is 2. The van der Waals surface area contributed by atoms with E-state index in [4.69, 9.17) is 5.26 Å². The Bertz CT molecular complexity index is 988. The molecule has 0 spiro atoms. The van der Waals surface area contributed by atoms with Gasteiger partial charge >= 0.3 is 0 Å². The number of rotatable bonds is 8. The summed E-state index contributed by atoms with van der Waals surface area (Å²) in [5.74, 6) is -2.12. The number of nitrogens with one attached hydrogen (secondary N) is 2. The van der Waals surface area contributed by atoms with Gasteiger partial charge in [0.1, 0.15) is 12.6 Å². The summed E-state index contributed by atoms with van der Waals surface area (Å²) in [5.41, 5.74) is 0.896. The number of nitriles is 1. The first kappa shape index (κ1) is 21.8. The van der Waals surface area contributed by atoms with E-state index in [1.54, 1.807) is 54.6 Å². The molecule has 0 bridgehead atoms. The molecule has 0 aromatic heterocycles. The van der Waals surface area contributed by atoms with Crippen molar-refractivity contribution in [2.75, 3.05) is 12.3 Å². The van der Waals surface area contributed by atoms with Crippen molar-refractivity contribution in [3.05, 3.63) is 69.3 Å². The minimum atomic E-state index is -3.71. The molecule has 0 unspecified atom stereocenters.